The second-order valence-electron chi connectivity index (χ2n) is 2.36. The Morgan fingerprint density at radius 2 is 2.38 bits per heavy atom. The van der Waals surface area contributed by atoms with Crippen molar-refractivity contribution in [2.75, 3.05) is 13.7 Å². The normalized spacial score (nSPS) is 23.2. The fraction of sp³-hybridized carbons (Fsp3) is 1.00. The summed E-state index contributed by atoms with van der Waals surface area (Å²) in [6.45, 7) is 0.505. The third kappa shape index (κ3) is 1.46. The molecule has 0 spiro atoms. The first-order chi connectivity index (χ1) is 3.84. The molecular weight excluding hydrogens is 104 g/mol. The number of rotatable bonds is 3. The van der Waals surface area contributed by atoms with Gasteiger partial charge in [-0.05, 0) is 18.8 Å². The van der Waals surface area contributed by atoms with Crippen LogP contribution in [0.25, 0.3) is 0 Å². The maximum absolute atomic E-state index is 9.06. The van der Waals surface area contributed by atoms with Crippen molar-refractivity contribution < 1.29 is 9.84 Å². The third-order valence-electron chi connectivity index (χ3n) is 1.50. The van der Waals surface area contributed by atoms with Crippen LogP contribution in [0, 0.1) is 5.92 Å². The van der Waals surface area contributed by atoms with Crippen LogP contribution in [0.2, 0.25) is 0 Å². The zero-order valence-electron chi connectivity index (χ0n) is 5.13. The highest BCUT2D eigenvalue weighted by molar-refractivity contribution is 4.80. The van der Waals surface area contributed by atoms with E-state index < -0.39 is 0 Å². The lowest BCUT2D eigenvalue weighted by Gasteiger charge is -2.04. The smallest absolute Gasteiger partial charge is 0.0801 e. The zero-order chi connectivity index (χ0) is 5.98. The molecule has 2 nitrogen and oxygen atoms in total. The molecular formula is C6H12O2. The fourth-order valence-electron chi connectivity index (χ4n) is 0.788. The van der Waals surface area contributed by atoms with Gasteiger partial charge in [0.05, 0.1) is 12.7 Å². The molecule has 0 radical (unpaired) electrons. The molecule has 1 fully saturated rings. The summed E-state index contributed by atoms with van der Waals surface area (Å²) in [6, 6.07) is 0. The van der Waals surface area contributed by atoms with Crippen LogP contribution in [0.5, 0.6) is 0 Å². The van der Waals surface area contributed by atoms with Crippen molar-refractivity contribution in [2.24, 2.45) is 5.92 Å². The number of aliphatic hydroxyl groups is 1. The predicted molar refractivity (Wildman–Crippen MR) is 30.6 cm³/mol. The lowest BCUT2D eigenvalue weighted by molar-refractivity contribution is 0.0508. The molecule has 0 amide bonds. The standard InChI is InChI=1S/C6H12O2/c1-8-4-6(7)5-2-3-5/h5-7H,2-4H2,1H3. The van der Waals surface area contributed by atoms with E-state index in [4.69, 9.17) is 9.84 Å². The van der Waals surface area contributed by atoms with Gasteiger partial charge in [-0.1, -0.05) is 0 Å². The molecule has 1 unspecified atom stereocenters. The number of methoxy groups -OCH3 is 1. The molecule has 1 rings (SSSR count). The van der Waals surface area contributed by atoms with Gasteiger partial charge in [0.15, 0.2) is 0 Å². The minimum absolute atomic E-state index is 0.194. The van der Waals surface area contributed by atoms with E-state index in [1.165, 1.54) is 12.8 Å². The monoisotopic (exact) mass is 116 g/mol. The fourth-order valence-corrected chi connectivity index (χ4v) is 0.788. The molecule has 48 valence electrons. The Morgan fingerprint density at radius 3 is 2.75 bits per heavy atom. The minimum Gasteiger partial charge on any atom is -0.390 e. The van der Waals surface area contributed by atoms with Gasteiger partial charge in [0.1, 0.15) is 0 Å². The van der Waals surface area contributed by atoms with Gasteiger partial charge < -0.3 is 9.84 Å². The Bertz CT molecular complexity index is 68.9. The molecule has 1 atom stereocenters. The second kappa shape index (κ2) is 2.46. The van der Waals surface area contributed by atoms with Crippen molar-refractivity contribution in [3.8, 4) is 0 Å². The summed E-state index contributed by atoms with van der Waals surface area (Å²) in [6.07, 6.45) is 2.18. The van der Waals surface area contributed by atoms with Crippen molar-refractivity contribution in [2.45, 2.75) is 18.9 Å². The van der Waals surface area contributed by atoms with Gasteiger partial charge in [0.2, 0.25) is 0 Å². The summed E-state index contributed by atoms with van der Waals surface area (Å²) in [5.74, 6) is 0.551. The number of aliphatic hydroxyl groups excluding tert-OH is 1. The Hall–Kier alpha value is -0.0800. The highest BCUT2D eigenvalue weighted by Gasteiger charge is 2.29. The van der Waals surface area contributed by atoms with Crippen molar-refractivity contribution >= 4 is 0 Å². The predicted octanol–water partition coefficient (Wildman–Crippen LogP) is 0.404. The first kappa shape index (κ1) is 6.05. The molecule has 1 saturated carbocycles. The van der Waals surface area contributed by atoms with E-state index in [1.807, 2.05) is 0 Å². The molecule has 0 aromatic carbocycles. The Balaban J connectivity index is 2.03. The van der Waals surface area contributed by atoms with Crippen LogP contribution < -0.4 is 0 Å². The summed E-state index contributed by atoms with van der Waals surface area (Å²) in [5, 5.41) is 9.06. The van der Waals surface area contributed by atoms with E-state index in [0.29, 0.717) is 12.5 Å². The van der Waals surface area contributed by atoms with Crippen LogP contribution >= 0.6 is 0 Å². The summed E-state index contributed by atoms with van der Waals surface area (Å²) < 4.78 is 4.75. The largest absolute Gasteiger partial charge is 0.390 e. The summed E-state index contributed by atoms with van der Waals surface area (Å²) >= 11 is 0. The molecule has 1 N–H and O–H groups in total. The highest BCUT2D eigenvalue weighted by Crippen LogP contribution is 2.32. The van der Waals surface area contributed by atoms with Crippen LogP contribution in [0.15, 0.2) is 0 Å². The second-order valence-corrected chi connectivity index (χ2v) is 2.36. The quantitative estimate of drug-likeness (QED) is 0.578. The molecule has 0 saturated heterocycles. The van der Waals surface area contributed by atoms with Crippen molar-refractivity contribution in [3.63, 3.8) is 0 Å². The molecule has 1 aliphatic rings. The van der Waals surface area contributed by atoms with Crippen LogP contribution in [-0.2, 0) is 4.74 Å². The molecule has 0 heterocycles. The number of hydrogen-bond donors (Lipinski definition) is 1. The van der Waals surface area contributed by atoms with E-state index in [-0.39, 0.29) is 6.10 Å². The van der Waals surface area contributed by atoms with Gasteiger partial charge in [-0.15, -0.1) is 0 Å². The minimum atomic E-state index is -0.194. The van der Waals surface area contributed by atoms with E-state index >= 15 is 0 Å². The first-order valence-corrected chi connectivity index (χ1v) is 3.01. The molecule has 8 heavy (non-hydrogen) atoms. The van der Waals surface area contributed by atoms with Gasteiger partial charge in [-0.2, -0.15) is 0 Å². The summed E-state index contributed by atoms with van der Waals surface area (Å²) in [4.78, 5) is 0. The van der Waals surface area contributed by atoms with E-state index in [0.717, 1.165) is 0 Å². The van der Waals surface area contributed by atoms with E-state index in [9.17, 15) is 0 Å². The first-order valence-electron chi connectivity index (χ1n) is 3.01. The van der Waals surface area contributed by atoms with Gasteiger partial charge in [-0.3, -0.25) is 0 Å². The maximum atomic E-state index is 9.06. The molecule has 2 heteroatoms. The molecule has 1 aliphatic carbocycles. The lowest BCUT2D eigenvalue weighted by atomic mass is 10.2. The van der Waals surface area contributed by atoms with Crippen molar-refractivity contribution in [1.29, 1.82) is 0 Å². The van der Waals surface area contributed by atoms with Crippen LogP contribution in [0.1, 0.15) is 12.8 Å². The SMILES string of the molecule is COCC(O)C1CC1. The Kier molecular flexibility index (Phi) is 1.86. The van der Waals surface area contributed by atoms with Gasteiger partial charge in [0.25, 0.3) is 0 Å². The molecule has 0 bridgehead atoms. The molecule has 0 aromatic rings. The van der Waals surface area contributed by atoms with Crippen LogP contribution in [0.4, 0.5) is 0 Å². The van der Waals surface area contributed by atoms with E-state index in [1.54, 1.807) is 7.11 Å². The average molecular weight is 116 g/mol. The van der Waals surface area contributed by atoms with Gasteiger partial charge in [0, 0.05) is 7.11 Å². The van der Waals surface area contributed by atoms with Crippen LogP contribution in [-0.4, -0.2) is 24.9 Å². The molecule has 0 aromatic heterocycles. The average Bonchev–Trinajstić information content (AvgIpc) is 2.45. The van der Waals surface area contributed by atoms with Crippen molar-refractivity contribution in [3.05, 3.63) is 0 Å². The highest BCUT2D eigenvalue weighted by atomic mass is 16.5. The Morgan fingerprint density at radius 1 is 1.75 bits per heavy atom. The topological polar surface area (TPSA) is 29.5 Å². The number of ether oxygens (including phenoxy) is 1. The lowest BCUT2D eigenvalue weighted by Crippen LogP contribution is -2.15. The molecule has 0 aliphatic heterocycles. The van der Waals surface area contributed by atoms with Gasteiger partial charge in [-0.25, -0.2) is 0 Å². The number of hydrogen-bond acceptors (Lipinski definition) is 2. The summed E-state index contributed by atoms with van der Waals surface area (Å²) in [5.41, 5.74) is 0. The maximum Gasteiger partial charge on any atom is 0.0801 e. The third-order valence-corrected chi connectivity index (χ3v) is 1.50. The van der Waals surface area contributed by atoms with Crippen LogP contribution in [0.3, 0.4) is 0 Å². The Labute approximate surface area is 49.5 Å². The van der Waals surface area contributed by atoms with Crippen molar-refractivity contribution in [1.82, 2.24) is 0 Å². The zero-order valence-corrected chi connectivity index (χ0v) is 5.13. The summed E-state index contributed by atoms with van der Waals surface area (Å²) in [7, 11) is 1.62. The van der Waals surface area contributed by atoms with Gasteiger partial charge >= 0.3 is 0 Å². The van der Waals surface area contributed by atoms with E-state index in [2.05, 4.69) is 0 Å².